The van der Waals surface area contributed by atoms with Crippen molar-refractivity contribution in [1.29, 1.82) is 5.41 Å². The van der Waals surface area contributed by atoms with Crippen molar-refractivity contribution >= 4 is 23.0 Å². The second-order valence-electron chi connectivity index (χ2n) is 7.28. The molecule has 0 aromatic heterocycles. The molecule has 2 nitrogen and oxygen atoms in total. The van der Waals surface area contributed by atoms with Gasteiger partial charge >= 0.3 is 0 Å². The standard InChI is InChI=1S/C23H26N2S/c1-3-16-13-20(12-15(2)23(16)24)19-5-4-17-6-7-21(26-22(17)14-19)18-8-10-25-11-9-18/h4-5,7,12-14,18,24-25H,2-3,6,8-11H2,1H3. The smallest absolute Gasteiger partial charge is 0.0638 e. The molecule has 0 bridgehead atoms. The van der Waals surface area contributed by atoms with Gasteiger partial charge < -0.3 is 10.7 Å². The maximum Gasteiger partial charge on any atom is 0.0638 e. The summed E-state index contributed by atoms with van der Waals surface area (Å²) in [6, 6.07) is 6.84. The Morgan fingerprint density at radius 1 is 1.23 bits per heavy atom. The SMILES string of the molecule is C=C1C=C(c2ccc3c(c2)SC(C2CCNCC2)=CC3)C=C(CC)C1=N. The van der Waals surface area contributed by atoms with Gasteiger partial charge in [-0.1, -0.05) is 43.5 Å². The average Bonchev–Trinajstić information content (AvgIpc) is 2.69. The topological polar surface area (TPSA) is 35.9 Å². The number of rotatable bonds is 3. The van der Waals surface area contributed by atoms with Gasteiger partial charge in [0, 0.05) is 4.90 Å². The molecule has 2 N–H and O–H groups in total. The predicted molar refractivity (Wildman–Crippen MR) is 113 cm³/mol. The van der Waals surface area contributed by atoms with Crippen molar-refractivity contribution in [1.82, 2.24) is 5.32 Å². The first-order valence-corrected chi connectivity index (χ1v) is 10.4. The van der Waals surface area contributed by atoms with Gasteiger partial charge in [-0.25, -0.2) is 0 Å². The van der Waals surface area contributed by atoms with E-state index >= 15 is 0 Å². The molecule has 1 aliphatic carbocycles. The third-order valence-electron chi connectivity index (χ3n) is 5.58. The van der Waals surface area contributed by atoms with Crippen LogP contribution in [0, 0.1) is 11.3 Å². The third kappa shape index (κ3) is 3.38. The van der Waals surface area contributed by atoms with Crippen molar-refractivity contribution in [3.8, 4) is 0 Å². The number of fused-ring (bicyclic) bond motifs is 1. The fraction of sp³-hybridized carbons (Fsp3) is 0.348. The Bertz CT molecular complexity index is 851. The number of thioether (sulfide) groups is 1. The molecule has 1 fully saturated rings. The van der Waals surface area contributed by atoms with Crippen LogP contribution in [-0.4, -0.2) is 18.8 Å². The van der Waals surface area contributed by atoms with Crippen LogP contribution in [0.5, 0.6) is 0 Å². The zero-order chi connectivity index (χ0) is 18.1. The quantitative estimate of drug-likeness (QED) is 0.742. The zero-order valence-corrected chi connectivity index (χ0v) is 16.2. The Labute approximate surface area is 160 Å². The highest BCUT2D eigenvalue weighted by Crippen LogP contribution is 2.42. The molecule has 1 aromatic rings. The van der Waals surface area contributed by atoms with E-state index in [1.165, 1.54) is 34.4 Å². The van der Waals surface area contributed by atoms with Crippen LogP contribution in [0.2, 0.25) is 0 Å². The monoisotopic (exact) mass is 362 g/mol. The van der Waals surface area contributed by atoms with Crippen LogP contribution in [0.4, 0.5) is 0 Å². The van der Waals surface area contributed by atoms with Crippen molar-refractivity contribution < 1.29 is 0 Å². The van der Waals surface area contributed by atoms with E-state index < -0.39 is 0 Å². The fourth-order valence-corrected chi connectivity index (χ4v) is 5.24. The third-order valence-corrected chi connectivity index (χ3v) is 6.91. The molecule has 1 aromatic carbocycles. The highest BCUT2D eigenvalue weighted by atomic mass is 32.2. The predicted octanol–water partition coefficient (Wildman–Crippen LogP) is 5.53. The molecule has 3 aliphatic rings. The van der Waals surface area contributed by atoms with Crippen LogP contribution in [0.1, 0.15) is 37.3 Å². The van der Waals surface area contributed by atoms with Crippen LogP contribution >= 0.6 is 11.8 Å². The lowest BCUT2D eigenvalue weighted by atomic mass is 9.89. The molecule has 0 amide bonds. The highest BCUT2D eigenvalue weighted by molar-refractivity contribution is 8.03. The summed E-state index contributed by atoms with van der Waals surface area (Å²) >= 11 is 1.97. The van der Waals surface area contributed by atoms with E-state index in [0.29, 0.717) is 5.71 Å². The largest absolute Gasteiger partial charge is 0.317 e. The van der Waals surface area contributed by atoms with Crippen molar-refractivity contribution in [2.24, 2.45) is 5.92 Å². The van der Waals surface area contributed by atoms with Gasteiger partial charge in [0.25, 0.3) is 0 Å². The second-order valence-corrected chi connectivity index (χ2v) is 8.40. The minimum atomic E-state index is 0.583. The van der Waals surface area contributed by atoms with Crippen molar-refractivity contribution in [2.75, 3.05) is 13.1 Å². The minimum Gasteiger partial charge on any atom is -0.317 e. The molecule has 134 valence electrons. The Hall–Kier alpha value is -1.84. The molecule has 0 spiro atoms. The molecule has 26 heavy (non-hydrogen) atoms. The first-order valence-electron chi connectivity index (χ1n) is 9.58. The summed E-state index contributed by atoms with van der Waals surface area (Å²) in [5.41, 5.74) is 6.33. The molecule has 2 heterocycles. The van der Waals surface area contributed by atoms with Gasteiger partial charge in [-0.2, -0.15) is 0 Å². The molecular formula is C23H26N2S. The van der Waals surface area contributed by atoms with E-state index in [1.54, 1.807) is 4.91 Å². The summed E-state index contributed by atoms with van der Waals surface area (Å²) in [6.07, 6.45) is 11.1. The number of nitrogens with one attached hydrogen (secondary N) is 2. The number of hydrogen-bond donors (Lipinski definition) is 2. The maximum atomic E-state index is 8.17. The second kappa shape index (κ2) is 7.42. The van der Waals surface area contributed by atoms with Crippen LogP contribution in [0.15, 0.2) is 64.0 Å². The first-order chi connectivity index (χ1) is 12.7. The van der Waals surface area contributed by atoms with Gasteiger partial charge in [0.2, 0.25) is 0 Å². The maximum absolute atomic E-state index is 8.17. The lowest BCUT2D eigenvalue weighted by Gasteiger charge is -2.28. The summed E-state index contributed by atoms with van der Waals surface area (Å²) in [5, 5.41) is 11.6. The van der Waals surface area contributed by atoms with Gasteiger partial charge in [0.1, 0.15) is 0 Å². The van der Waals surface area contributed by atoms with E-state index in [9.17, 15) is 0 Å². The fourth-order valence-electron chi connectivity index (χ4n) is 3.95. The number of piperidine rings is 1. The van der Waals surface area contributed by atoms with Gasteiger partial charge in [-0.05, 0) is 95.7 Å². The first kappa shape index (κ1) is 17.6. The van der Waals surface area contributed by atoms with Gasteiger partial charge in [-0.3, -0.25) is 0 Å². The van der Waals surface area contributed by atoms with Crippen LogP contribution in [0.25, 0.3) is 5.57 Å². The molecule has 1 saturated heterocycles. The molecule has 3 heteroatoms. The van der Waals surface area contributed by atoms with Gasteiger partial charge in [0.15, 0.2) is 0 Å². The molecule has 0 unspecified atom stereocenters. The molecule has 4 rings (SSSR count). The van der Waals surface area contributed by atoms with Crippen LogP contribution in [0.3, 0.4) is 0 Å². The lowest BCUT2D eigenvalue weighted by molar-refractivity contribution is 0.431. The van der Waals surface area contributed by atoms with Crippen molar-refractivity contribution in [3.63, 3.8) is 0 Å². The molecule has 0 radical (unpaired) electrons. The Kier molecular flexibility index (Phi) is 5.01. The summed E-state index contributed by atoms with van der Waals surface area (Å²) < 4.78 is 0. The van der Waals surface area contributed by atoms with E-state index in [2.05, 4.69) is 55.2 Å². The molecular weight excluding hydrogens is 336 g/mol. The Morgan fingerprint density at radius 2 is 2.04 bits per heavy atom. The summed E-state index contributed by atoms with van der Waals surface area (Å²) in [7, 11) is 0. The van der Waals surface area contributed by atoms with E-state index in [1.807, 2.05) is 11.8 Å². The summed E-state index contributed by atoms with van der Waals surface area (Å²) in [6.45, 7) is 8.45. The highest BCUT2D eigenvalue weighted by Gasteiger charge is 2.22. The number of hydrogen-bond acceptors (Lipinski definition) is 3. The average molecular weight is 363 g/mol. The molecule has 2 aliphatic heterocycles. The summed E-state index contributed by atoms with van der Waals surface area (Å²) in [5.74, 6) is 0.721. The van der Waals surface area contributed by atoms with Gasteiger partial charge in [0.05, 0.1) is 5.71 Å². The zero-order valence-electron chi connectivity index (χ0n) is 15.4. The van der Waals surface area contributed by atoms with Crippen molar-refractivity contribution in [2.45, 2.75) is 37.5 Å². The van der Waals surface area contributed by atoms with E-state index in [-0.39, 0.29) is 0 Å². The molecule has 0 atom stereocenters. The van der Waals surface area contributed by atoms with Crippen molar-refractivity contribution in [3.05, 3.63) is 70.2 Å². The summed E-state index contributed by atoms with van der Waals surface area (Å²) in [4.78, 5) is 2.96. The Balaban J connectivity index is 1.61. The van der Waals surface area contributed by atoms with Gasteiger partial charge in [-0.15, -0.1) is 0 Å². The van der Waals surface area contributed by atoms with Crippen LogP contribution in [-0.2, 0) is 6.42 Å². The Morgan fingerprint density at radius 3 is 2.81 bits per heavy atom. The lowest BCUT2D eigenvalue weighted by Crippen LogP contribution is -2.28. The number of allylic oxidation sites excluding steroid dienone is 7. The minimum absolute atomic E-state index is 0.583. The van der Waals surface area contributed by atoms with E-state index in [0.717, 1.165) is 43.0 Å². The normalized spacial score (nSPS) is 21.0. The van der Waals surface area contributed by atoms with E-state index in [4.69, 9.17) is 5.41 Å². The van der Waals surface area contributed by atoms with Crippen LogP contribution < -0.4 is 5.32 Å². The molecule has 0 saturated carbocycles. The number of benzene rings is 1.